The van der Waals surface area contributed by atoms with Crippen LogP contribution in [0.1, 0.15) is 11.6 Å². The first-order valence-corrected chi connectivity index (χ1v) is 4.60. The number of rotatable bonds is 3. The summed E-state index contributed by atoms with van der Waals surface area (Å²) in [4.78, 5) is 10.8. The molecule has 0 radical (unpaired) electrons. The fraction of sp³-hybridized carbons (Fsp3) is 0.222. The highest BCUT2D eigenvalue weighted by molar-refractivity contribution is 9.10. The van der Waals surface area contributed by atoms with Gasteiger partial charge in [0, 0.05) is 4.47 Å². The number of aliphatic carboxylic acids is 1. The maximum absolute atomic E-state index is 10.8. The third-order valence-electron chi connectivity index (χ3n) is 1.75. The van der Waals surface area contributed by atoms with E-state index in [0.29, 0.717) is 0 Å². The minimum absolute atomic E-state index is 0. The van der Waals surface area contributed by atoms with Crippen molar-refractivity contribution < 1.29 is 9.90 Å². The van der Waals surface area contributed by atoms with E-state index in [1.807, 2.05) is 18.2 Å². The maximum atomic E-state index is 10.8. The zero-order valence-corrected chi connectivity index (χ0v) is 9.93. The maximum Gasteiger partial charge on any atom is 0.325 e. The number of nitrogens with one attached hydrogen (secondary N) is 1. The lowest BCUT2D eigenvalue weighted by Gasteiger charge is -2.12. The summed E-state index contributed by atoms with van der Waals surface area (Å²) in [6.45, 7) is 0. The summed E-state index contributed by atoms with van der Waals surface area (Å²) in [7, 11) is 1.62. The molecule has 3 nitrogen and oxygen atoms in total. The highest BCUT2D eigenvalue weighted by Crippen LogP contribution is 2.22. The molecule has 0 aliphatic rings. The lowest BCUT2D eigenvalue weighted by molar-refractivity contribution is -0.139. The Morgan fingerprint density at radius 3 is 2.50 bits per heavy atom. The Labute approximate surface area is 97.1 Å². The number of benzene rings is 1. The Hall–Kier alpha value is -0.580. The highest BCUT2D eigenvalue weighted by atomic mass is 79.9. The Bertz CT molecular complexity index is 319. The number of carboxylic acid groups (broad SMARTS) is 1. The largest absolute Gasteiger partial charge is 0.480 e. The van der Waals surface area contributed by atoms with Gasteiger partial charge < -0.3 is 10.4 Å². The van der Waals surface area contributed by atoms with Crippen molar-refractivity contribution in [2.24, 2.45) is 0 Å². The van der Waals surface area contributed by atoms with Crippen LogP contribution in [0.4, 0.5) is 0 Å². The molecular formula is C9H11BrClNO2. The van der Waals surface area contributed by atoms with Gasteiger partial charge in [0.05, 0.1) is 0 Å². The van der Waals surface area contributed by atoms with E-state index < -0.39 is 12.0 Å². The third-order valence-corrected chi connectivity index (χ3v) is 2.47. The summed E-state index contributed by atoms with van der Waals surface area (Å²) in [5.41, 5.74) is 0.734. The van der Waals surface area contributed by atoms with E-state index in [-0.39, 0.29) is 12.4 Å². The minimum Gasteiger partial charge on any atom is -0.480 e. The molecule has 14 heavy (non-hydrogen) atoms. The predicted octanol–water partition coefficient (Wildman–Crippen LogP) is 2.22. The first-order chi connectivity index (χ1) is 6.16. The molecule has 1 unspecified atom stereocenters. The van der Waals surface area contributed by atoms with Crippen LogP contribution in [0.3, 0.4) is 0 Å². The molecule has 1 aromatic rings. The molecular weight excluding hydrogens is 269 g/mol. The molecule has 0 aromatic heterocycles. The standard InChI is InChI=1S/C9H10BrNO2.ClH/c1-11-8(9(12)13)6-4-2-3-5-7(6)10;/h2-5,8,11H,1H3,(H,12,13);1H. The molecule has 1 atom stereocenters. The van der Waals surface area contributed by atoms with E-state index in [1.165, 1.54) is 0 Å². The summed E-state index contributed by atoms with van der Waals surface area (Å²) in [6, 6.07) is 6.60. The smallest absolute Gasteiger partial charge is 0.325 e. The molecule has 0 bridgehead atoms. The van der Waals surface area contributed by atoms with Crippen molar-refractivity contribution in [1.82, 2.24) is 5.32 Å². The lowest BCUT2D eigenvalue weighted by Crippen LogP contribution is -2.25. The van der Waals surface area contributed by atoms with Crippen molar-refractivity contribution in [3.05, 3.63) is 34.3 Å². The van der Waals surface area contributed by atoms with Crippen LogP contribution < -0.4 is 5.32 Å². The van der Waals surface area contributed by atoms with Gasteiger partial charge in [-0.1, -0.05) is 34.1 Å². The number of carbonyl (C=O) groups is 1. The zero-order chi connectivity index (χ0) is 9.84. The summed E-state index contributed by atoms with van der Waals surface area (Å²) in [5.74, 6) is -0.880. The van der Waals surface area contributed by atoms with E-state index >= 15 is 0 Å². The van der Waals surface area contributed by atoms with E-state index in [9.17, 15) is 4.79 Å². The summed E-state index contributed by atoms with van der Waals surface area (Å²) in [5, 5.41) is 11.6. The first-order valence-electron chi connectivity index (χ1n) is 3.81. The van der Waals surface area contributed by atoms with Crippen molar-refractivity contribution in [2.75, 3.05) is 7.05 Å². The van der Waals surface area contributed by atoms with Crippen LogP contribution in [0.5, 0.6) is 0 Å². The SMILES string of the molecule is CNC(C(=O)O)c1ccccc1Br.Cl. The summed E-state index contributed by atoms with van der Waals surface area (Å²) < 4.78 is 0.803. The molecule has 0 heterocycles. The molecule has 0 aliphatic carbocycles. The predicted molar refractivity (Wildman–Crippen MR) is 60.8 cm³/mol. The van der Waals surface area contributed by atoms with Crippen LogP contribution in [0, 0.1) is 0 Å². The normalized spacial score (nSPS) is 11.6. The average molecular weight is 281 g/mol. The van der Waals surface area contributed by atoms with E-state index in [2.05, 4.69) is 21.2 Å². The lowest BCUT2D eigenvalue weighted by atomic mass is 10.1. The van der Waals surface area contributed by atoms with Crippen LogP contribution in [0.15, 0.2) is 28.7 Å². The van der Waals surface area contributed by atoms with Crippen LogP contribution in [-0.2, 0) is 4.79 Å². The number of hydrogen-bond donors (Lipinski definition) is 2. The topological polar surface area (TPSA) is 49.3 Å². The second-order valence-electron chi connectivity index (χ2n) is 2.58. The molecule has 0 saturated heterocycles. The molecule has 78 valence electrons. The zero-order valence-electron chi connectivity index (χ0n) is 7.53. The first kappa shape index (κ1) is 13.4. The number of halogens is 2. The molecule has 5 heteroatoms. The Kier molecular flexibility index (Phi) is 5.76. The molecule has 0 spiro atoms. The van der Waals surface area contributed by atoms with Gasteiger partial charge in [0.15, 0.2) is 0 Å². The second kappa shape index (κ2) is 6.01. The molecule has 0 saturated carbocycles. The molecule has 0 amide bonds. The van der Waals surface area contributed by atoms with E-state index in [0.717, 1.165) is 10.0 Å². The molecule has 1 aromatic carbocycles. The van der Waals surface area contributed by atoms with Crippen molar-refractivity contribution in [1.29, 1.82) is 0 Å². The van der Waals surface area contributed by atoms with Gasteiger partial charge in [0.2, 0.25) is 0 Å². The number of likely N-dealkylation sites (N-methyl/N-ethyl adjacent to an activating group) is 1. The van der Waals surface area contributed by atoms with E-state index in [1.54, 1.807) is 13.1 Å². The van der Waals surface area contributed by atoms with Crippen LogP contribution in [0.25, 0.3) is 0 Å². The van der Waals surface area contributed by atoms with Crippen LogP contribution in [-0.4, -0.2) is 18.1 Å². The summed E-state index contributed by atoms with van der Waals surface area (Å²) >= 11 is 3.30. The Morgan fingerprint density at radius 1 is 1.50 bits per heavy atom. The van der Waals surface area contributed by atoms with Crippen molar-refractivity contribution in [3.63, 3.8) is 0 Å². The molecule has 1 rings (SSSR count). The fourth-order valence-corrected chi connectivity index (χ4v) is 1.63. The van der Waals surface area contributed by atoms with Crippen molar-refractivity contribution in [3.8, 4) is 0 Å². The van der Waals surface area contributed by atoms with Gasteiger partial charge in [-0.05, 0) is 18.7 Å². The van der Waals surface area contributed by atoms with Crippen LogP contribution in [0.2, 0.25) is 0 Å². The third kappa shape index (κ3) is 2.97. The second-order valence-corrected chi connectivity index (χ2v) is 3.44. The Morgan fingerprint density at radius 2 is 2.07 bits per heavy atom. The van der Waals surface area contributed by atoms with Gasteiger partial charge in [-0.25, -0.2) is 0 Å². The van der Waals surface area contributed by atoms with Crippen LogP contribution >= 0.6 is 28.3 Å². The molecule has 0 aliphatic heterocycles. The molecule has 2 N–H and O–H groups in total. The average Bonchev–Trinajstić information content (AvgIpc) is 2.09. The highest BCUT2D eigenvalue weighted by Gasteiger charge is 2.18. The minimum atomic E-state index is -0.880. The summed E-state index contributed by atoms with van der Waals surface area (Å²) in [6.07, 6.45) is 0. The van der Waals surface area contributed by atoms with Gasteiger partial charge in [-0.3, -0.25) is 4.79 Å². The monoisotopic (exact) mass is 279 g/mol. The van der Waals surface area contributed by atoms with Gasteiger partial charge >= 0.3 is 5.97 Å². The number of hydrogen-bond acceptors (Lipinski definition) is 2. The Balaban J connectivity index is 0.00000169. The van der Waals surface area contributed by atoms with Gasteiger partial charge in [-0.15, -0.1) is 12.4 Å². The fourth-order valence-electron chi connectivity index (χ4n) is 1.12. The van der Waals surface area contributed by atoms with Crippen molar-refractivity contribution >= 4 is 34.3 Å². The number of carboxylic acids is 1. The van der Waals surface area contributed by atoms with Gasteiger partial charge in [0.1, 0.15) is 6.04 Å². The van der Waals surface area contributed by atoms with Crippen molar-refractivity contribution in [2.45, 2.75) is 6.04 Å². The van der Waals surface area contributed by atoms with Gasteiger partial charge in [-0.2, -0.15) is 0 Å². The quantitative estimate of drug-likeness (QED) is 0.892. The van der Waals surface area contributed by atoms with E-state index in [4.69, 9.17) is 5.11 Å². The molecule has 0 fully saturated rings. The van der Waals surface area contributed by atoms with Gasteiger partial charge in [0.25, 0.3) is 0 Å².